The normalized spacial score (nSPS) is 11.3. The summed E-state index contributed by atoms with van der Waals surface area (Å²) >= 11 is 11.6. The van der Waals surface area contributed by atoms with Crippen molar-refractivity contribution in [1.82, 2.24) is 4.90 Å². The molecule has 1 amide bonds. The van der Waals surface area contributed by atoms with Gasteiger partial charge in [0.1, 0.15) is 5.02 Å². The third-order valence-corrected chi connectivity index (χ3v) is 3.49. The van der Waals surface area contributed by atoms with E-state index in [-0.39, 0.29) is 22.2 Å². The van der Waals surface area contributed by atoms with Crippen LogP contribution in [0.4, 0.5) is 5.69 Å². The average Bonchev–Trinajstić information content (AvgIpc) is 2.36. The van der Waals surface area contributed by atoms with Gasteiger partial charge in [-0.1, -0.05) is 23.2 Å². The van der Waals surface area contributed by atoms with Gasteiger partial charge < -0.3 is 10.0 Å². The average molecular weight is 335 g/mol. The predicted molar refractivity (Wildman–Crippen MR) is 81.0 cm³/mol. The summed E-state index contributed by atoms with van der Waals surface area (Å²) in [6.45, 7) is 5.32. The highest BCUT2D eigenvalue weighted by molar-refractivity contribution is 6.43. The van der Waals surface area contributed by atoms with Crippen LogP contribution in [0.1, 0.15) is 31.1 Å². The lowest BCUT2D eigenvalue weighted by atomic mass is 10.1. The summed E-state index contributed by atoms with van der Waals surface area (Å²) in [5.74, 6) is -0.457. The second-order valence-corrected chi connectivity index (χ2v) is 5.97. The first kappa shape index (κ1) is 17.7. The van der Waals surface area contributed by atoms with Crippen molar-refractivity contribution in [2.24, 2.45) is 0 Å². The Bertz CT molecular complexity index is 570. The Morgan fingerprint density at radius 1 is 1.43 bits per heavy atom. The van der Waals surface area contributed by atoms with E-state index in [1.54, 1.807) is 20.8 Å². The number of likely N-dealkylation sites (N-methyl/N-ethyl adjacent to an activating group) is 1. The summed E-state index contributed by atoms with van der Waals surface area (Å²) in [7, 11) is 0. The zero-order chi connectivity index (χ0) is 16.4. The van der Waals surface area contributed by atoms with Crippen molar-refractivity contribution in [2.75, 3.05) is 13.1 Å². The molecular weight excluding hydrogens is 319 g/mol. The molecule has 0 aromatic heterocycles. The second kappa shape index (κ2) is 6.60. The van der Waals surface area contributed by atoms with Crippen molar-refractivity contribution in [2.45, 2.75) is 26.4 Å². The molecule has 0 aliphatic heterocycles. The topological polar surface area (TPSA) is 83.7 Å². The molecular formula is C13H16Cl2N2O4. The molecule has 0 atom stereocenters. The number of hydrogen-bond acceptors (Lipinski definition) is 4. The standard InChI is InChI=1S/C13H16Cl2N2O4/c1-4-16(7-13(2,3)19)12(18)8-5-9(14)11(15)10(6-8)17(20)21/h5-6,19H,4,7H2,1-3H3. The molecule has 1 aromatic rings. The fourth-order valence-corrected chi connectivity index (χ4v) is 2.20. The third-order valence-electron chi connectivity index (χ3n) is 2.70. The number of rotatable bonds is 5. The molecule has 0 aliphatic rings. The Hall–Kier alpha value is -1.37. The lowest BCUT2D eigenvalue weighted by Gasteiger charge is -2.28. The van der Waals surface area contributed by atoms with Crippen LogP contribution in [0.25, 0.3) is 0 Å². The molecule has 1 rings (SSSR count). The van der Waals surface area contributed by atoms with Crippen molar-refractivity contribution < 1.29 is 14.8 Å². The van der Waals surface area contributed by atoms with Crippen LogP contribution in [0.15, 0.2) is 12.1 Å². The van der Waals surface area contributed by atoms with Gasteiger partial charge in [-0.05, 0) is 26.8 Å². The summed E-state index contributed by atoms with van der Waals surface area (Å²) in [5, 5.41) is 20.5. The van der Waals surface area contributed by atoms with Crippen LogP contribution in [0.3, 0.4) is 0 Å². The van der Waals surface area contributed by atoms with Crippen molar-refractivity contribution in [1.29, 1.82) is 0 Å². The van der Waals surface area contributed by atoms with Gasteiger partial charge in [0.25, 0.3) is 11.6 Å². The quantitative estimate of drug-likeness (QED) is 0.662. The summed E-state index contributed by atoms with van der Waals surface area (Å²) in [5.41, 5.74) is -1.44. The number of hydrogen-bond donors (Lipinski definition) is 1. The van der Waals surface area contributed by atoms with Crippen LogP contribution in [0, 0.1) is 10.1 Å². The maximum absolute atomic E-state index is 12.4. The van der Waals surface area contributed by atoms with Crippen molar-refractivity contribution >= 4 is 34.8 Å². The Kier molecular flexibility index (Phi) is 5.55. The molecule has 21 heavy (non-hydrogen) atoms. The van der Waals surface area contributed by atoms with Crippen LogP contribution in [-0.2, 0) is 0 Å². The monoisotopic (exact) mass is 334 g/mol. The zero-order valence-electron chi connectivity index (χ0n) is 11.9. The summed E-state index contributed by atoms with van der Waals surface area (Å²) < 4.78 is 0. The van der Waals surface area contributed by atoms with E-state index < -0.39 is 22.1 Å². The molecule has 0 unspecified atom stereocenters. The molecule has 0 bridgehead atoms. The first-order valence-corrected chi connectivity index (χ1v) is 6.97. The van der Waals surface area contributed by atoms with Crippen LogP contribution in [0.2, 0.25) is 10.0 Å². The summed E-state index contributed by atoms with van der Waals surface area (Å²) in [6.07, 6.45) is 0. The molecule has 0 saturated carbocycles. The van der Waals surface area contributed by atoms with E-state index in [9.17, 15) is 20.0 Å². The Morgan fingerprint density at radius 3 is 2.43 bits per heavy atom. The number of benzene rings is 1. The fraction of sp³-hybridized carbons (Fsp3) is 0.462. The molecule has 0 saturated heterocycles. The SMILES string of the molecule is CCN(CC(C)(C)O)C(=O)c1cc(Cl)c(Cl)c([N+](=O)[O-])c1. The predicted octanol–water partition coefficient (Wildman–Crippen LogP) is 3.13. The molecule has 0 fully saturated rings. The minimum absolute atomic E-state index is 0.0576. The minimum atomic E-state index is -1.08. The number of halogens is 2. The van der Waals surface area contributed by atoms with E-state index >= 15 is 0 Å². The lowest BCUT2D eigenvalue weighted by Crippen LogP contribution is -2.42. The minimum Gasteiger partial charge on any atom is -0.389 e. The molecule has 1 N–H and O–H groups in total. The van der Waals surface area contributed by atoms with Crippen LogP contribution < -0.4 is 0 Å². The number of carbonyl (C=O) groups is 1. The highest BCUT2D eigenvalue weighted by Crippen LogP contribution is 2.33. The van der Waals surface area contributed by atoms with Gasteiger partial charge in [-0.3, -0.25) is 14.9 Å². The van der Waals surface area contributed by atoms with Gasteiger partial charge >= 0.3 is 0 Å². The zero-order valence-corrected chi connectivity index (χ0v) is 13.4. The van der Waals surface area contributed by atoms with E-state index in [1.807, 2.05) is 0 Å². The number of carbonyl (C=O) groups excluding carboxylic acids is 1. The van der Waals surface area contributed by atoms with Gasteiger partial charge in [-0.25, -0.2) is 0 Å². The number of aliphatic hydroxyl groups is 1. The van der Waals surface area contributed by atoms with E-state index in [0.29, 0.717) is 6.54 Å². The van der Waals surface area contributed by atoms with E-state index in [0.717, 1.165) is 6.07 Å². The van der Waals surface area contributed by atoms with Gasteiger partial charge in [-0.2, -0.15) is 0 Å². The molecule has 6 nitrogen and oxygen atoms in total. The highest BCUT2D eigenvalue weighted by Gasteiger charge is 2.25. The Balaban J connectivity index is 3.20. The van der Waals surface area contributed by atoms with Crippen molar-refractivity contribution in [3.63, 3.8) is 0 Å². The molecule has 0 heterocycles. The highest BCUT2D eigenvalue weighted by atomic mass is 35.5. The maximum atomic E-state index is 12.4. The number of nitro groups is 1. The van der Waals surface area contributed by atoms with Gasteiger partial charge in [0.15, 0.2) is 0 Å². The van der Waals surface area contributed by atoms with Gasteiger partial charge in [0.2, 0.25) is 0 Å². The van der Waals surface area contributed by atoms with E-state index in [4.69, 9.17) is 23.2 Å². The Morgan fingerprint density at radius 2 is 2.00 bits per heavy atom. The van der Waals surface area contributed by atoms with E-state index in [2.05, 4.69) is 0 Å². The van der Waals surface area contributed by atoms with E-state index in [1.165, 1.54) is 11.0 Å². The maximum Gasteiger partial charge on any atom is 0.290 e. The van der Waals surface area contributed by atoms with Gasteiger partial charge in [0, 0.05) is 24.7 Å². The van der Waals surface area contributed by atoms with Gasteiger partial charge in [-0.15, -0.1) is 0 Å². The summed E-state index contributed by atoms with van der Waals surface area (Å²) in [6, 6.07) is 2.37. The molecule has 0 spiro atoms. The third kappa shape index (κ3) is 4.56. The molecule has 8 heteroatoms. The first-order valence-electron chi connectivity index (χ1n) is 6.22. The molecule has 0 aliphatic carbocycles. The van der Waals surface area contributed by atoms with Crippen molar-refractivity contribution in [3.8, 4) is 0 Å². The smallest absolute Gasteiger partial charge is 0.290 e. The molecule has 0 radical (unpaired) electrons. The largest absolute Gasteiger partial charge is 0.389 e. The molecule has 1 aromatic carbocycles. The lowest BCUT2D eigenvalue weighted by molar-refractivity contribution is -0.384. The van der Waals surface area contributed by atoms with Crippen LogP contribution in [0.5, 0.6) is 0 Å². The number of nitro benzene ring substituents is 1. The van der Waals surface area contributed by atoms with Crippen LogP contribution in [-0.4, -0.2) is 39.5 Å². The van der Waals surface area contributed by atoms with Crippen molar-refractivity contribution in [3.05, 3.63) is 37.9 Å². The first-order chi connectivity index (χ1) is 9.56. The number of amides is 1. The van der Waals surface area contributed by atoms with Gasteiger partial charge in [0.05, 0.1) is 15.5 Å². The fourth-order valence-electron chi connectivity index (χ4n) is 1.81. The summed E-state index contributed by atoms with van der Waals surface area (Å²) in [4.78, 5) is 24.0. The van der Waals surface area contributed by atoms with Crippen LogP contribution >= 0.6 is 23.2 Å². The Labute approximate surface area is 132 Å². The second-order valence-electron chi connectivity index (χ2n) is 5.18. The molecule has 116 valence electrons. The number of nitrogens with zero attached hydrogens (tertiary/aromatic N) is 2.